The molecule has 2 fully saturated rings. The minimum absolute atomic E-state index is 0.454. The van der Waals surface area contributed by atoms with Gasteiger partial charge >= 0.3 is 0 Å². The van der Waals surface area contributed by atoms with Gasteiger partial charge in [-0.2, -0.15) is 0 Å². The van der Waals surface area contributed by atoms with E-state index in [4.69, 9.17) is 0 Å². The van der Waals surface area contributed by atoms with Crippen LogP contribution in [-0.2, 0) is 10.0 Å². The quantitative estimate of drug-likeness (QED) is 0.818. The molecule has 0 aromatic rings. The molecule has 2 aliphatic heterocycles. The van der Waals surface area contributed by atoms with Gasteiger partial charge in [0.1, 0.15) is 0 Å². The largest absolute Gasteiger partial charge is 0.255 e. The number of piperidine rings is 2. The van der Waals surface area contributed by atoms with E-state index in [2.05, 4.69) is 10.4 Å². The zero-order chi connectivity index (χ0) is 13.0. The van der Waals surface area contributed by atoms with E-state index >= 15 is 0 Å². The van der Waals surface area contributed by atoms with Gasteiger partial charge in [-0.15, -0.1) is 0 Å². The van der Waals surface area contributed by atoms with Gasteiger partial charge in [0.05, 0.1) is 6.26 Å². The normalized spacial score (nSPS) is 28.4. The molecule has 2 aliphatic rings. The zero-order valence-corrected chi connectivity index (χ0v) is 12.1. The molecule has 0 spiro atoms. The third-order valence-corrected chi connectivity index (χ3v) is 5.18. The molecule has 0 radical (unpaired) electrons. The van der Waals surface area contributed by atoms with Crippen LogP contribution in [-0.4, -0.2) is 56.7 Å². The van der Waals surface area contributed by atoms with E-state index in [-0.39, 0.29) is 0 Å². The number of nitrogens with one attached hydrogen (secondary N) is 1. The molecule has 0 saturated carbocycles. The lowest BCUT2D eigenvalue weighted by Crippen LogP contribution is -2.47. The van der Waals surface area contributed by atoms with Crippen molar-refractivity contribution in [3.05, 3.63) is 0 Å². The van der Waals surface area contributed by atoms with Crippen molar-refractivity contribution in [3.63, 3.8) is 0 Å². The second-order valence-electron chi connectivity index (χ2n) is 5.54. The maximum absolute atomic E-state index is 11.5. The van der Waals surface area contributed by atoms with Crippen LogP contribution in [0.5, 0.6) is 0 Å². The Morgan fingerprint density at radius 1 is 1.11 bits per heavy atom. The summed E-state index contributed by atoms with van der Waals surface area (Å²) in [5, 5.41) is 2.29. The molecule has 18 heavy (non-hydrogen) atoms. The molecular formula is C12H25N3O2S. The predicted octanol–water partition coefficient (Wildman–Crippen LogP) is 0.649. The van der Waals surface area contributed by atoms with Gasteiger partial charge in [0, 0.05) is 32.7 Å². The summed E-state index contributed by atoms with van der Waals surface area (Å²) in [7, 11) is -3.01. The molecule has 0 aromatic heterocycles. The third kappa shape index (κ3) is 4.19. The summed E-state index contributed by atoms with van der Waals surface area (Å²) in [4.78, 5) is 0. The molecule has 6 heteroatoms. The van der Waals surface area contributed by atoms with Crippen LogP contribution in [0.4, 0.5) is 0 Å². The number of sulfonamides is 1. The Bertz CT molecular complexity index is 352. The van der Waals surface area contributed by atoms with Crippen LogP contribution >= 0.6 is 0 Å². The average molecular weight is 275 g/mol. The van der Waals surface area contributed by atoms with Crippen LogP contribution in [0.25, 0.3) is 0 Å². The fourth-order valence-corrected chi connectivity index (χ4v) is 3.75. The number of hydrogen-bond donors (Lipinski definition) is 1. The SMILES string of the molecule is CS(=O)(=O)N1CCCC(CNN2CCCCC2)C1. The Kier molecular flexibility index (Phi) is 5.00. The first-order valence-electron chi connectivity index (χ1n) is 6.99. The predicted molar refractivity (Wildman–Crippen MR) is 72.6 cm³/mol. The van der Waals surface area contributed by atoms with E-state index < -0.39 is 10.0 Å². The van der Waals surface area contributed by atoms with Gasteiger partial charge in [-0.3, -0.25) is 5.43 Å². The number of rotatable bonds is 4. The maximum Gasteiger partial charge on any atom is 0.211 e. The van der Waals surface area contributed by atoms with Gasteiger partial charge < -0.3 is 0 Å². The lowest BCUT2D eigenvalue weighted by Gasteiger charge is -2.34. The lowest BCUT2D eigenvalue weighted by molar-refractivity contribution is 0.131. The summed E-state index contributed by atoms with van der Waals surface area (Å²) >= 11 is 0. The van der Waals surface area contributed by atoms with Gasteiger partial charge in [-0.25, -0.2) is 17.7 Å². The molecule has 2 heterocycles. The van der Waals surface area contributed by atoms with Crippen molar-refractivity contribution in [1.29, 1.82) is 0 Å². The maximum atomic E-state index is 11.5. The van der Waals surface area contributed by atoms with Crippen molar-refractivity contribution in [2.75, 3.05) is 39.0 Å². The van der Waals surface area contributed by atoms with Crippen LogP contribution in [0.3, 0.4) is 0 Å². The van der Waals surface area contributed by atoms with Crippen molar-refractivity contribution in [1.82, 2.24) is 14.7 Å². The summed E-state index contributed by atoms with van der Waals surface area (Å²) in [6.45, 7) is 4.54. The van der Waals surface area contributed by atoms with E-state index in [1.807, 2.05) is 0 Å². The van der Waals surface area contributed by atoms with Crippen LogP contribution in [0, 0.1) is 5.92 Å². The van der Waals surface area contributed by atoms with Crippen molar-refractivity contribution in [2.45, 2.75) is 32.1 Å². The summed E-state index contributed by atoms with van der Waals surface area (Å²) in [5.74, 6) is 0.454. The first-order valence-corrected chi connectivity index (χ1v) is 8.84. The van der Waals surface area contributed by atoms with Gasteiger partial charge in [0.25, 0.3) is 0 Å². The van der Waals surface area contributed by atoms with Crippen molar-refractivity contribution < 1.29 is 8.42 Å². The molecule has 5 nitrogen and oxygen atoms in total. The molecular weight excluding hydrogens is 250 g/mol. The Morgan fingerprint density at radius 2 is 1.83 bits per heavy atom. The monoisotopic (exact) mass is 275 g/mol. The molecule has 0 aliphatic carbocycles. The van der Waals surface area contributed by atoms with Crippen LogP contribution in [0.15, 0.2) is 0 Å². The molecule has 0 amide bonds. The van der Waals surface area contributed by atoms with E-state index in [0.717, 1.165) is 32.5 Å². The van der Waals surface area contributed by atoms with Gasteiger partial charge in [0.2, 0.25) is 10.0 Å². The van der Waals surface area contributed by atoms with E-state index in [1.54, 1.807) is 4.31 Å². The molecule has 0 aromatic carbocycles. The van der Waals surface area contributed by atoms with Gasteiger partial charge in [-0.05, 0) is 31.6 Å². The van der Waals surface area contributed by atoms with Crippen molar-refractivity contribution in [2.24, 2.45) is 5.92 Å². The highest BCUT2D eigenvalue weighted by atomic mass is 32.2. The zero-order valence-electron chi connectivity index (χ0n) is 11.3. The standard InChI is InChI=1S/C12H25N3O2S/c1-18(16,17)15-9-5-6-12(11-15)10-13-14-7-3-2-4-8-14/h12-13H,2-11H2,1H3. The second kappa shape index (κ2) is 6.32. The smallest absolute Gasteiger partial charge is 0.211 e. The minimum atomic E-state index is -3.01. The fraction of sp³-hybridized carbons (Fsp3) is 1.00. The second-order valence-corrected chi connectivity index (χ2v) is 7.52. The lowest BCUT2D eigenvalue weighted by atomic mass is 10.00. The van der Waals surface area contributed by atoms with Crippen LogP contribution < -0.4 is 5.43 Å². The highest BCUT2D eigenvalue weighted by Crippen LogP contribution is 2.18. The molecule has 0 bridgehead atoms. The van der Waals surface area contributed by atoms with E-state index in [0.29, 0.717) is 19.0 Å². The van der Waals surface area contributed by atoms with Gasteiger partial charge in [-0.1, -0.05) is 6.42 Å². The topological polar surface area (TPSA) is 52.7 Å². The Morgan fingerprint density at radius 3 is 2.50 bits per heavy atom. The highest BCUT2D eigenvalue weighted by Gasteiger charge is 2.26. The van der Waals surface area contributed by atoms with Crippen molar-refractivity contribution in [3.8, 4) is 0 Å². The number of hydrogen-bond acceptors (Lipinski definition) is 4. The summed E-state index contributed by atoms with van der Waals surface area (Å²) in [6, 6.07) is 0. The molecule has 1 N–H and O–H groups in total. The first kappa shape index (κ1) is 14.2. The summed E-state index contributed by atoms with van der Waals surface area (Å²) in [6.07, 6.45) is 7.31. The number of hydrazine groups is 1. The molecule has 1 unspecified atom stereocenters. The highest BCUT2D eigenvalue weighted by molar-refractivity contribution is 7.88. The van der Waals surface area contributed by atoms with Gasteiger partial charge in [0.15, 0.2) is 0 Å². The minimum Gasteiger partial charge on any atom is -0.255 e. The summed E-state index contributed by atoms with van der Waals surface area (Å²) < 4.78 is 24.7. The summed E-state index contributed by atoms with van der Waals surface area (Å²) in [5.41, 5.74) is 3.48. The van der Waals surface area contributed by atoms with E-state index in [9.17, 15) is 8.42 Å². The Balaban J connectivity index is 1.75. The van der Waals surface area contributed by atoms with Crippen molar-refractivity contribution >= 4 is 10.0 Å². The first-order chi connectivity index (χ1) is 8.55. The fourth-order valence-electron chi connectivity index (χ4n) is 2.80. The Labute approximate surface area is 111 Å². The average Bonchev–Trinajstić information content (AvgIpc) is 2.37. The molecule has 1 atom stereocenters. The molecule has 106 valence electrons. The Hall–Kier alpha value is -0.170. The molecule has 2 rings (SSSR count). The third-order valence-electron chi connectivity index (χ3n) is 3.91. The van der Waals surface area contributed by atoms with E-state index in [1.165, 1.54) is 25.5 Å². The molecule has 2 saturated heterocycles. The number of nitrogens with zero attached hydrogens (tertiary/aromatic N) is 2. The van der Waals surface area contributed by atoms with Crippen LogP contribution in [0.1, 0.15) is 32.1 Å². The van der Waals surface area contributed by atoms with Crippen LogP contribution in [0.2, 0.25) is 0 Å².